The van der Waals surface area contributed by atoms with E-state index in [2.05, 4.69) is 20.7 Å². The molecule has 9 nitrogen and oxygen atoms in total. The Balaban J connectivity index is 1.40. The molecule has 2 N–H and O–H groups in total. The lowest BCUT2D eigenvalue weighted by Crippen LogP contribution is -2.43. The number of carbonyl (C=O) groups excluding carboxylic acids is 3. The molecule has 5 rings (SSSR count). The van der Waals surface area contributed by atoms with E-state index in [0.717, 1.165) is 28.7 Å². The van der Waals surface area contributed by atoms with Gasteiger partial charge in [0.05, 0.1) is 16.9 Å². The van der Waals surface area contributed by atoms with Gasteiger partial charge in [-0.1, -0.05) is 24.3 Å². The number of rotatable bonds is 4. The molecule has 2 heterocycles. The molecule has 34 heavy (non-hydrogen) atoms. The normalized spacial score (nSPS) is 19.4. The Kier molecular flexibility index (Phi) is 4.88. The van der Waals surface area contributed by atoms with Gasteiger partial charge in [0.15, 0.2) is 0 Å². The number of benzene rings is 2. The van der Waals surface area contributed by atoms with Crippen LogP contribution in [0.25, 0.3) is 5.69 Å². The zero-order valence-corrected chi connectivity index (χ0v) is 17.5. The minimum atomic E-state index is -4.65. The summed E-state index contributed by atoms with van der Waals surface area (Å²) in [4.78, 5) is 43.2. The van der Waals surface area contributed by atoms with Crippen molar-refractivity contribution in [3.05, 3.63) is 71.8 Å². The van der Waals surface area contributed by atoms with Crippen molar-refractivity contribution in [3.8, 4) is 5.69 Å². The Morgan fingerprint density at radius 2 is 1.97 bits per heavy atom. The molecule has 1 fully saturated rings. The van der Waals surface area contributed by atoms with Gasteiger partial charge in [-0.3, -0.25) is 14.5 Å². The molecule has 1 aliphatic carbocycles. The number of aryl methyl sites for hydroxylation is 1. The van der Waals surface area contributed by atoms with Gasteiger partial charge in [0.25, 0.3) is 5.91 Å². The number of imide groups is 1. The molecule has 0 radical (unpaired) electrons. The maximum absolute atomic E-state index is 13.2. The van der Waals surface area contributed by atoms with Crippen molar-refractivity contribution in [1.29, 1.82) is 0 Å². The van der Waals surface area contributed by atoms with Crippen LogP contribution in [0.3, 0.4) is 0 Å². The molecule has 3 aromatic rings. The van der Waals surface area contributed by atoms with Crippen LogP contribution in [0.1, 0.15) is 23.1 Å². The molecule has 0 bridgehead atoms. The molecule has 0 saturated carbocycles. The Morgan fingerprint density at radius 1 is 1.18 bits per heavy atom. The molecule has 1 atom stereocenters. The van der Waals surface area contributed by atoms with Crippen LogP contribution in [0.15, 0.2) is 55.1 Å². The quantitative estimate of drug-likeness (QED) is 0.570. The lowest BCUT2D eigenvalue weighted by atomic mass is 9.92. The zero-order valence-electron chi connectivity index (χ0n) is 17.5. The fraction of sp³-hybridized carbons (Fsp3) is 0.227. The standard InChI is InChI=1S/C22H17F3N6O3/c23-22(24,25)14-5-6-17(31-12-26-11-27-31)16(9-14)28-18(32)10-30-19(33)21(29-20(30)34)8-7-13-3-1-2-4-15(13)21/h1-6,9,11-12H,7-8,10H2,(H,28,32)(H,29,34)/t21-/m1/s1. The number of carbonyl (C=O) groups is 3. The van der Waals surface area contributed by atoms with E-state index < -0.39 is 41.7 Å². The molecule has 2 aromatic carbocycles. The first-order valence-corrected chi connectivity index (χ1v) is 10.3. The van der Waals surface area contributed by atoms with Crippen molar-refractivity contribution in [2.24, 2.45) is 0 Å². The molecular weight excluding hydrogens is 453 g/mol. The second-order valence-corrected chi connectivity index (χ2v) is 8.00. The summed E-state index contributed by atoms with van der Waals surface area (Å²) in [6, 6.07) is 9.26. The highest BCUT2D eigenvalue weighted by molar-refractivity contribution is 6.11. The van der Waals surface area contributed by atoms with Crippen LogP contribution in [0.5, 0.6) is 0 Å². The number of hydrogen-bond acceptors (Lipinski definition) is 5. The highest BCUT2D eigenvalue weighted by Crippen LogP contribution is 2.41. The summed E-state index contributed by atoms with van der Waals surface area (Å²) in [5.74, 6) is -1.41. The third-order valence-corrected chi connectivity index (χ3v) is 5.99. The number of anilines is 1. The Labute approximate surface area is 190 Å². The molecule has 1 aliphatic heterocycles. The van der Waals surface area contributed by atoms with E-state index in [1.807, 2.05) is 12.1 Å². The van der Waals surface area contributed by atoms with Crippen molar-refractivity contribution in [1.82, 2.24) is 25.0 Å². The van der Waals surface area contributed by atoms with Crippen LogP contribution in [0.4, 0.5) is 23.7 Å². The maximum Gasteiger partial charge on any atom is 0.416 e. The van der Waals surface area contributed by atoms with Gasteiger partial charge >= 0.3 is 12.2 Å². The largest absolute Gasteiger partial charge is 0.416 e. The predicted molar refractivity (Wildman–Crippen MR) is 112 cm³/mol. The van der Waals surface area contributed by atoms with Crippen LogP contribution in [-0.4, -0.2) is 44.1 Å². The lowest BCUT2D eigenvalue weighted by Gasteiger charge is -2.22. The van der Waals surface area contributed by atoms with E-state index in [9.17, 15) is 27.6 Å². The number of alkyl halides is 3. The van der Waals surface area contributed by atoms with E-state index >= 15 is 0 Å². The van der Waals surface area contributed by atoms with Gasteiger partial charge in [-0.15, -0.1) is 0 Å². The molecule has 4 amide bonds. The number of amides is 4. The molecule has 12 heteroatoms. The third kappa shape index (κ3) is 3.47. The molecular formula is C22H17F3N6O3. The van der Waals surface area contributed by atoms with E-state index in [0.29, 0.717) is 18.4 Å². The summed E-state index contributed by atoms with van der Waals surface area (Å²) in [6.07, 6.45) is -1.24. The zero-order chi connectivity index (χ0) is 24.1. The molecule has 2 aliphatic rings. The van der Waals surface area contributed by atoms with Gasteiger partial charge < -0.3 is 10.6 Å². The number of fused-ring (bicyclic) bond motifs is 2. The summed E-state index contributed by atoms with van der Waals surface area (Å²) in [5, 5.41) is 8.97. The maximum atomic E-state index is 13.2. The van der Waals surface area contributed by atoms with Gasteiger partial charge in [-0.2, -0.15) is 18.3 Å². The van der Waals surface area contributed by atoms with Crippen LogP contribution in [-0.2, 0) is 27.7 Å². The Morgan fingerprint density at radius 3 is 2.71 bits per heavy atom. The average molecular weight is 470 g/mol. The summed E-state index contributed by atoms with van der Waals surface area (Å²) in [6.45, 7) is -0.665. The summed E-state index contributed by atoms with van der Waals surface area (Å²) in [7, 11) is 0. The number of aromatic nitrogens is 3. The fourth-order valence-corrected chi connectivity index (χ4v) is 4.41. The van der Waals surface area contributed by atoms with E-state index in [1.54, 1.807) is 12.1 Å². The highest BCUT2D eigenvalue weighted by atomic mass is 19.4. The highest BCUT2D eigenvalue weighted by Gasteiger charge is 2.55. The van der Waals surface area contributed by atoms with Crippen LogP contribution < -0.4 is 10.6 Å². The van der Waals surface area contributed by atoms with Crippen molar-refractivity contribution < 1.29 is 27.6 Å². The van der Waals surface area contributed by atoms with Crippen LogP contribution in [0, 0.1) is 0 Å². The van der Waals surface area contributed by atoms with Gasteiger partial charge in [0.2, 0.25) is 5.91 Å². The minimum absolute atomic E-state index is 0.136. The third-order valence-electron chi connectivity index (χ3n) is 5.99. The second kappa shape index (κ2) is 7.68. The van der Waals surface area contributed by atoms with Crippen LogP contribution >= 0.6 is 0 Å². The van der Waals surface area contributed by atoms with Gasteiger partial charge in [0.1, 0.15) is 24.7 Å². The van der Waals surface area contributed by atoms with Crippen molar-refractivity contribution in [2.45, 2.75) is 24.6 Å². The molecule has 1 saturated heterocycles. The number of hydrogen-bond donors (Lipinski definition) is 2. The molecule has 1 aromatic heterocycles. The lowest BCUT2D eigenvalue weighted by molar-refractivity contribution is -0.137. The van der Waals surface area contributed by atoms with E-state index in [4.69, 9.17) is 0 Å². The fourth-order valence-electron chi connectivity index (χ4n) is 4.41. The van der Waals surface area contributed by atoms with Crippen molar-refractivity contribution in [2.75, 3.05) is 11.9 Å². The first kappa shape index (κ1) is 21.6. The monoisotopic (exact) mass is 470 g/mol. The SMILES string of the molecule is O=C(CN1C(=O)N[C@@]2(CCc3ccccc32)C1=O)Nc1cc(C(F)(F)F)ccc1-n1cncn1. The first-order chi connectivity index (χ1) is 16.2. The van der Waals surface area contributed by atoms with Gasteiger partial charge in [-0.25, -0.2) is 14.5 Å². The molecule has 0 unspecified atom stereocenters. The summed E-state index contributed by atoms with van der Waals surface area (Å²) < 4.78 is 40.9. The van der Waals surface area contributed by atoms with E-state index in [1.165, 1.54) is 17.3 Å². The predicted octanol–water partition coefficient (Wildman–Crippen LogP) is 2.62. The summed E-state index contributed by atoms with van der Waals surface area (Å²) in [5.41, 5.74) is -0.666. The first-order valence-electron chi connectivity index (χ1n) is 10.3. The number of urea groups is 1. The Bertz CT molecular complexity index is 1310. The van der Waals surface area contributed by atoms with Crippen molar-refractivity contribution >= 4 is 23.5 Å². The number of nitrogens with one attached hydrogen (secondary N) is 2. The van der Waals surface area contributed by atoms with Crippen LogP contribution in [0.2, 0.25) is 0 Å². The van der Waals surface area contributed by atoms with Gasteiger partial charge in [0, 0.05) is 0 Å². The topological polar surface area (TPSA) is 109 Å². The molecule has 174 valence electrons. The Hall–Kier alpha value is -4.22. The van der Waals surface area contributed by atoms with Gasteiger partial charge in [-0.05, 0) is 42.2 Å². The van der Waals surface area contributed by atoms with Crippen molar-refractivity contribution in [3.63, 3.8) is 0 Å². The second-order valence-electron chi connectivity index (χ2n) is 8.00. The summed E-state index contributed by atoms with van der Waals surface area (Å²) >= 11 is 0. The number of halogens is 3. The average Bonchev–Trinajstić information content (AvgIpc) is 3.50. The van der Waals surface area contributed by atoms with E-state index in [-0.39, 0.29) is 11.4 Å². The number of nitrogens with zero attached hydrogens (tertiary/aromatic N) is 4. The minimum Gasteiger partial charge on any atom is -0.323 e. The smallest absolute Gasteiger partial charge is 0.323 e. The molecule has 1 spiro atoms.